The molecule has 1 amide bonds. The number of nitrogens with zero attached hydrogens (tertiary/aromatic N) is 2. The van der Waals surface area contributed by atoms with Crippen LogP contribution < -0.4 is 5.32 Å². The van der Waals surface area contributed by atoms with E-state index < -0.39 is 0 Å². The molecule has 0 aliphatic heterocycles. The van der Waals surface area contributed by atoms with Gasteiger partial charge in [-0.1, -0.05) is 23.2 Å². The van der Waals surface area contributed by atoms with Crippen molar-refractivity contribution in [2.24, 2.45) is 0 Å². The molecule has 2 aromatic heterocycles. The van der Waals surface area contributed by atoms with Crippen molar-refractivity contribution in [3.8, 4) is 11.3 Å². The number of benzene rings is 1. The predicted molar refractivity (Wildman–Crippen MR) is 101 cm³/mol. The Morgan fingerprint density at radius 3 is 2.52 bits per heavy atom. The number of hydrogen-bond donors (Lipinski definition) is 2. The number of carbonyl (C=O) groups excluding carboxylic acids is 1. The topological polar surface area (TPSA) is 70.7 Å². The molecule has 2 N–H and O–H groups in total. The van der Waals surface area contributed by atoms with Gasteiger partial charge >= 0.3 is 0 Å². The highest BCUT2D eigenvalue weighted by Gasteiger charge is 2.12. The van der Waals surface area contributed by atoms with E-state index in [0.29, 0.717) is 15.9 Å². The van der Waals surface area contributed by atoms with E-state index in [0.717, 1.165) is 22.4 Å². The van der Waals surface area contributed by atoms with Crippen LogP contribution in [0.25, 0.3) is 17.3 Å². The number of H-pyrrole nitrogens is 1. The molecule has 0 bridgehead atoms. The first-order valence-electron chi connectivity index (χ1n) is 7.43. The Bertz CT molecular complexity index is 915. The number of carbonyl (C=O) groups is 1. The van der Waals surface area contributed by atoms with Crippen molar-refractivity contribution >= 4 is 41.0 Å². The fourth-order valence-electron chi connectivity index (χ4n) is 2.32. The monoisotopic (exact) mass is 372 g/mol. The summed E-state index contributed by atoms with van der Waals surface area (Å²) < 4.78 is 0. The highest BCUT2D eigenvalue weighted by atomic mass is 35.5. The van der Waals surface area contributed by atoms with Crippen molar-refractivity contribution < 1.29 is 4.79 Å². The first-order chi connectivity index (χ1) is 12.0. The molecular weight excluding hydrogens is 359 g/mol. The Balaban J connectivity index is 1.73. The second-order valence-electron chi connectivity index (χ2n) is 5.33. The quantitative estimate of drug-likeness (QED) is 0.649. The van der Waals surface area contributed by atoms with Crippen LogP contribution in [0, 0.1) is 6.92 Å². The molecule has 0 spiro atoms. The first kappa shape index (κ1) is 17.2. The maximum absolute atomic E-state index is 12.1. The lowest BCUT2D eigenvalue weighted by Gasteiger charge is -2.01. The van der Waals surface area contributed by atoms with Gasteiger partial charge in [0.05, 0.1) is 5.69 Å². The Hall–Kier alpha value is -2.63. The summed E-state index contributed by atoms with van der Waals surface area (Å²) >= 11 is 11.9. The smallest absolute Gasteiger partial charge is 0.249 e. The first-order valence-corrected chi connectivity index (χ1v) is 8.19. The molecule has 0 atom stereocenters. The van der Waals surface area contributed by atoms with Gasteiger partial charge in [-0.25, -0.2) is 0 Å². The molecule has 0 unspecified atom stereocenters. The zero-order valence-electron chi connectivity index (χ0n) is 13.3. The minimum atomic E-state index is -0.288. The van der Waals surface area contributed by atoms with Crippen LogP contribution in [0.4, 0.5) is 5.82 Å². The number of nitrogens with one attached hydrogen (secondary N) is 2. The predicted octanol–water partition coefficient (Wildman–Crippen LogP) is 4.74. The van der Waals surface area contributed by atoms with Gasteiger partial charge in [-0.2, -0.15) is 5.10 Å². The molecule has 126 valence electrons. The largest absolute Gasteiger partial charge is 0.307 e. The third-order valence-corrected chi connectivity index (χ3v) is 3.96. The Morgan fingerprint density at radius 1 is 1.16 bits per heavy atom. The number of amides is 1. The van der Waals surface area contributed by atoms with E-state index in [-0.39, 0.29) is 5.91 Å². The van der Waals surface area contributed by atoms with Gasteiger partial charge in [0, 0.05) is 39.6 Å². The number of aromatic nitrogens is 3. The molecule has 0 radical (unpaired) electrons. The van der Waals surface area contributed by atoms with E-state index >= 15 is 0 Å². The van der Waals surface area contributed by atoms with Crippen molar-refractivity contribution in [1.29, 1.82) is 0 Å². The molecule has 0 fully saturated rings. The van der Waals surface area contributed by atoms with Crippen LogP contribution in [0.1, 0.15) is 11.1 Å². The molecule has 3 rings (SSSR count). The molecule has 5 nitrogen and oxygen atoms in total. The van der Waals surface area contributed by atoms with E-state index in [1.54, 1.807) is 36.7 Å². The van der Waals surface area contributed by atoms with Crippen LogP contribution in [0.5, 0.6) is 0 Å². The molecular formula is C18H14Cl2N4O. The summed E-state index contributed by atoms with van der Waals surface area (Å²) in [6.07, 6.45) is 6.44. The SMILES string of the molecule is Cc1c(-c2ccncc2)n[nH]c1NC(=O)C=Cc1cc(Cl)cc(Cl)c1. The second kappa shape index (κ2) is 7.51. The van der Waals surface area contributed by atoms with Crippen LogP contribution >= 0.6 is 23.2 Å². The lowest BCUT2D eigenvalue weighted by Crippen LogP contribution is -2.09. The van der Waals surface area contributed by atoms with Gasteiger partial charge in [0.2, 0.25) is 5.91 Å². The maximum Gasteiger partial charge on any atom is 0.249 e. The van der Waals surface area contributed by atoms with Gasteiger partial charge in [0.25, 0.3) is 0 Å². The lowest BCUT2D eigenvalue weighted by atomic mass is 10.1. The zero-order chi connectivity index (χ0) is 17.8. The van der Waals surface area contributed by atoms with Crippen molar-refractivity contribution in [3.05, 3.63) is 70.0 Å². The summed E-state index contributed by atoms with van der Waals surface area (Å²) in [7, 11) is 0. The summed E-state index contributed by atoms with van der Waals surface area (Å²) in [4.78, 5) is 16.1. The van der Waals surface area contributed by atoms with Crippen LogP contribution in [-0.4, -0.2) is 21.1 Å². The van der Waals surface area contributed by atoms with E-state index in [2.05, 4.69) is 20.5 Å². The van der Waals surface area contributed by atoms with Gasteiger partial charge in [-0.05, 0) is 48.9 Å². The second-order valence-corrected chi connectivity index (χ2v) is 6.21. The van der Waals surface area contributed by atoms with Crippen LogP contribution in [-0.2, 0) is 4.79 Å². The zero-order valence-corrected chi connectivity index (χ0v) is 14.8. The number of rotatable bonds is 4. The highest BCUT2D eigenvalue weighted by molar-refractivity contribution is 6.34. The van der Waals surface area contributed by atoms with Gasteiger partial charge in [-0.3, -0.25) is 14.9 Å². The molecule has 1 aromatic carbocycles. The average Bonchev–Trinajstić information content (AvgIpc) is 2.94. The molecule has 7 heteroatoms. The summed E-state index contributed by atoms with van der Waals surface area (Å²) in [6.45, 7) is 1.88. The molecule has 2 heterocycles. The number of pyridine rings is 1. The van der Waals surface area contributed by atoms with Crippen molar-refractivity contribution in [2.45, 2.75) is 6.92 Å². The third-order valence-electron chi connectivity index (χ3n) is 3.52. The number of halogens is 2. The number of hydrogen-bond acceptors (Lipinski definition) is 3. The van der Waals surface area contributed by atoms with Crippen LogP contribution in [0.3, 0.4) is 0 Å². The van der Waals surface area contributed by atoms with Crippen molar-refractivity contribution in [1.82, 2.24) is 15.2 Å². The standard InChI is InChI=1S/C18H14Cl2N4O/c1-11-17(13-4-6-21-7-5-13)23-24-18(11)22-16(25)3-2-12-8-14(19)10-15(20)9-12/h2-10H,1H3,(H2,22,23,24,25). The molecule has 25 heavy (non-hydrogen) atoms. The number of aromatic amines is 1. The molecule has 0 saturated heterocycles. The van der Waals surface area contributed by atoms with E-state index in [4.69, 9.17) is 23.2 Å². The Morgan fingerprint density at radius 2 is 1.84 bits per heavy atom. The van der Waals surface area contributed by atoms with E-state index in [1.807, 2.05) is 19.1 Å². The minimum absolute atomic E-state index is 0.288. The molecule has 0 saturated carbocycles. The van der Waals surface area contributed by atoms with Crippen LogP contribution in [0.15, 0.2) is 48.8 Å². The summed E-state index contributed by atoms with van der Waals surface area (Å²) in [5.74, 6) is 0.259. The average molecular weight is 373 g/mol. The van der Waals surface area contributed by atoms with Crippen LogP contribution in [0.2, 0.25) is 10.0 Å². The highest BCUT2D eigenvalue weighted by Crippen LogP contribution is 2.25. The number of anilines is 1. The Labute approximate surface area is 154 Å². The fourth-order valence-corrected chi connectivity index (χ4v) is 2.86. The van der Waals surface area contributed by atoms with E-state index in [9.17, 15) is 4.79 Å². The Kier molecular flexibility index (Phi) is 5.16. The fraction of sp³-hybridized carbons (Fsp3) is 0.0556. The van der Waals surface area contributed by atoms with Gasteiger partial charge < -0.3 is 5.32 Å². The van der Waals surface area contributed by atoms with Gasteiger partial charge in [0.1, 0.15) is 5.82 Å². The van der Waals surface area contributed by atoms with Crippen molar-refractivity contribution in [2.75, 3.05) is 5.32 Å². The normalized spacial score (nSPS) is 11.0. The van der Waals surface area contributed by atoms with E-state index in [1.165, 1.54) is 6.08 Å². The van der Waals surface area contributed by atoms with Gasteiger partial charge in [-0.15, -0.1) is 0 Å². The third kappa shape index (κ3) is 4.26. The maximum atomic E-state index is 12.1. The molecule has 0 aliphatic carbocycles. The molecule has 0 aliphatic rings. The van der Waals surface area contributed by atoms with Gasteiger partial charge in [0.15, 0.2) is 0 Å². The minimum Gasteiger partial charge on any atom is -0.307 e. The molecule has 3 aromatic rings. The summed E-state index contributed by atoms with van der Waals surface area (Å²) in [5, 5.41) is 10.9. The summed E-state index contributed by atoms with van der Waals surface area (Å²) in [5.41, 5.74) is 3.28. The van der Waals surface area contributed by atoms with Crippen molar-refractivity contribution in [3.63, 3.8) is 0 Å². The lowest BCUT2D eigenvalue weighted by molar-refractivity contribution is -0.111. The summed E-state index contributed by atoms with van der Waals surface area (Å²) in [6, 6.07) is 8.80.